The number of benzene rings is 3. The molecule has 3 rings (SSSR count). The molecule has 1 unspecified atom stereocenters. The maximum Gasteiger partial charge on any atom is 0.296 e. The lowest BCUT2D eigenvalue weighted by Crippen LogP contribution is -2.05. The maximum absolute atomic E-state index is 11.8. The van der Waals surface area contributed by atoms with Crippen LogP contribution in [0.2, 0.25) is 0 Å². The molecule has 0 aromatic heterocycles. The lowest BCUT2D eigenvalue weighted by atomic mass is 10.2. The number of nitrogens with two attached hydrogens (primary N) is 2. The molecule has 0 aliphatic rings. The summed E-state index contributed by atoms with van der Waals surface area (Å²) in [4.78, 5) is -0.651. The fourth-order valence-corrected chi connectivity index (χ4v) is 3.61. The van der Waals surface area contributed by atoms with Gasteiger partial charge in [0.05, 0.1) is 22.7 Å². The zero-order valence-corrected chi connectivity index (χ0v) is 18.7. The van der Waals surface area contributed by atoms with E-state index in [9.17, 15) is 21.7 Å². The number of rotatable bonds is 7. The molecule has 0 spiro atoms. The van der Waals surface area contributed by atoms with Gasteiger partial charge in [0, 0.05) is 17.0 Å². The van der Waals surface area contributed by atoms with Gasteiger partial charge in [-0.2, -0.15) is 18.6 Å². The van der Waals surface area contributed by atoms with E-state index in [0.717, 1.165) is 11.6 Å². The van der Waals surface area contributed by atoms with Gasteiger partial charge in [0.1, 0.15) is 16.3 Å². The molecule has 3 aromatic rings. The number of hydrogen-bond acceptors (Lipinski definition) is 10. The standard InChI is InChI=1S/C19H19N7O5S2/c1-11-4-2-3-5-14(11)23-25-19-17(20)15(10-16(18(19)21)33(29,30)31)24-22-12-6-8-13(9-7-12)26-32(27)28/h2-10,26H,20-21H2,1H3,(H,27,28)(H,29,30,31)/p-1. The Balaban J connectivity index is 2.04. The van der Waals surface area contributed by atoms with Crippen LogP contribution in [0.4, 0.5) is 39.8 Å². The lowest BCUT2D eigenvalue weighted by molar-refractivity contribution is 0.483. The average Bonchev–Trinajstić information content (AvgIpc) is 2.74. The number of azo groups is 2. The van der Waals surface area contributed by atoms with Crippen LogP contribution >= 0.6 is 0 Å². The Labute approximate surface area is 191 Å². The zero-order chi connectivity index (χ0) is 24.2. The number of nitrogens with zero attached hydrogens (tertiary/aromatic N) is 4. The van der Waals surface area contributed by atoms with E-state index in [0.29, 0.717) is 17.1 Å². The highest BCUT2D eigenvalue weighted by molar-refractivity contribution is 7.86. The van der Waals surface area contributed by atoms with E-state index in [1.165, 1.54) is 24.3 Å². The van der Waals surface area contributed by atoms with Gasteiger partial charge in [-0.25, -0.2) is 0 Å². The molecule has 12 nitrogen and oxygen atoms in total. The third kappa shape index (κ3) is 5.95. The van der Waals surface area contributed by atoms with Crippen LogP contribution in [0.1, 0.15) is 5.56 Å². The third-order valence-electron chi connectivity index (χ3n) is 4.31. The van der Waals surface area contributed by atoms with E-state index >= 15 is 0 Å². The van der Waals surface area contributed by atoms with Gasteiger partial charge in [0.2, 0.25) is 0 Å². The van der Waals surface area contributed by atoms with E-state index in [4.69, 9.17) is 11.5 Å². The predicted octanol–water partition coefficient (Wildman–Crippen LogP) is 4.44. The molecule has 14 heteroatoms. The topological polar surface area (TPSA) is 208 Å². The molecule has 0 bridgehead atoms. The molecule has 172 valence electrons. The van der Waals surface area contributed by atoms with Gasteiger partial charge in [-0.3, -0.25) is 8.76 Å². The van der Waals surface area contributed by atoms with Crippen molar-refractivity contribution in [3.63, 3.8) is 0 Å². The van der Waals surface area contributed by atoms with E-state index in [-0.39, 0.29) is 17.1 Å². The first-order chi connectivity index (χ1) is 15.6. The Morgan fingerprint density at radius 2 is 1.58 bits per heavy atom. The summed E-state index contributed by atoms with van der Waals surface area (Å²) in [6, 6.07) is 13.9. The summed E-state index contributed by atoms with van der Waals surface area (Å²) in [6.45, 7) is 1.81. The third-order valence-corrected chi connectivity index (χ3v) is 5.61. The molecule has 3 aromatic carbocycles. The number of nitrogen functional groups attached to an aromatic ring is 2. The van der Waals surface area contributed by atoms with E-state index in [1.807, 2.05) is 19.1 Å². The monoisotopic (exact) mass is 488 g/mol. The largest absolute Gasteiger partial charge is 0.755 e. The first kappa shape index (κ1) is 23.9. The fraction of sp³-hybridized carbons (Fsp3) is 0.0526. The molecule has 0 heterocycles. The summed E-state index contributed by atoms with van der Waals surface area (Å²) in [5, 5.41) is 16.0. The Kier molecular flexibility index (Phi) is 7.13. The van der Waals surface area contributed by atoms with Crippen molar-refractivity contribution >= 4 is 61.2 Å². The molecule has 6 N–H and O–H groups in total. The highest BCUT2D eigenvalue weighted by atomic mass is 32.2. The summed E-state index contributed by atoms with van der Waals surface area (Å²) in [6.07, 6.45) is 0. The lowest BCUT2D eigenvalue weighted by Gasteiger charge is -2.10. The Hall–Kier alpha value is -3.72. The smallest absolute Gasteiger partial charge is 0.296 e. The second kappa shape index (κ2) is 9.83. The number of hydrogen-bond donors (Lipinski definition) is 4. The Morgan fingerprint density at radius 3 is 2.18 bits per heavy atom. The van der Waals surface area contributed by atoms with Crippen molar-refractivity contribution in [2.75, 3.05) is 16.2 Å². The van der Waals surface area contributed by atoms with Gasteiger partial charge in [0.15, 0.2) is 0 Å². The molecule has 33 heavy (non-hydrogen) atoms. The normalized spacial score (nSPS) is 12.9. The second-order valence-corrected chi connectivity index (χ2v) is 8.68. The molecule has 0 radical (unpaired) electrons. The van der Waals surface area contributed by atoms with Crippen molar-refractivity contribution in [3.8, 4) is 0 Å². The second-order valence-electron chi connectivity index (χ2n) is 6.61. The van der Waals surface area contributed by atoms with Crippen molar-refractivity contribution < 1.29 is 21.7 Å². The number of nitrogens with one attached hydrogen (secondary N) is 1. The molecule has 1 atom stereocenters. The van der Waals surface area contributed by atoms with Crippen molar-refractivity contribution in [3.05, 3.63) is 60.2 Å². The van der Waals surface area contributed by atoms with Crippen LogP contribution < -0.4 is 16.2 Å². The van der Waals surface area contributed by atoms with Gasteiger partial charge < -0.3 is 20.7 Å². The van der Waals surface area contributed by atoms with Crippen LogP contribution in [0.3, 0.4) is 0 Å². The van der Waals surface area contributed by atoms with Crippen molar-refractivity contribution in [2.24, 2.45) is 20.5 Å². The van der Waals surface area contributed by atoms with Crippen molar-refractivity contribution in [1.29, 1.82) is 0 Å². The quantitative estimate of drug-likeness (QED) is 0.162. The molecule has 0 fully saturated rings. The van der Waals surface area contributed by atoms with E-state index in [1.54, 1.807) is 12.1 Å². The number of aryl methyl sites for hydroxylation is 1. The van der Waals surface area contributed by atoms with Gasteiger partial charge in [-0.05, 0) is 48.9 Å². The van der Waals surface area contributed by atoms with Crippen LogP contribution in [-0.2, 0) is 21.4 Å². The predicted molar refractivity (Wildman–Crippen MR) is 124 cm³/mol. The Bertz CT molecular complexity index is 1370. The first-order valence-electron chi connectivity index (χ1n) is 9.11. The molecular weight excluding hydrogens is 470 g/mol. The average molecular weight is 489 g/mol. The van der Waals surface area contributed by atoms with Gasteiger partial charge in [0.25, 0.3) is 10.1 Å². The fourth-order valence-electron chi connectivity index (χ4n) is 2.65. The van der Waals surface area contributed by atoms with Crippen LogP contribution in [0.5, 0.6) is 0 Å². The summed E-state index contributed by atoms with van der Waals surface area (Å²) in [5.74, 6) is 0. The minimum absolute atomic E-state index is 0.110. The highest BCUT2D eigenvalue weighted by Gasteiger charge is 2.22. The number of anilines is 3. The summed E-state index contributed by atoms with van der Waals surface area (Å²) >= 11 is -2.48. The highest BCUT2D eigenvalue weighted by Crippen LogP contribution is 2.43. The van der Waals surface area contributed by atoms with Crippen molar-refractivity contribution in [1.82, 2.24) is 0 Å². The molecule has 0 aliphatic heterocycles. The molecule has 0 saturated carbocycles. The van der Waals surface area contributed by atoms with Crippen LogP contribution in [0.15, 0.2) is 79.9 Å². The van der Waals surface area contributed by atoms with Gasteiger partial charge >= 0.3 is 0 Å². The molecule has 0 saturated heterocycles. The summed E-state index contributed by atoms with van der Waals surface area (Å²) in [7, 11) is -4.74. The van der Waals surface area contributed by atoms with E-state index < -0.39 is 32.0 Å². The molecular formula is C19H18N7O5S2-. The van der Waals surface area contributed by atoms with Crippen LogP contribution in [0, 0.1) is 6.92 Å². The minimum Gasteiger partial charge on any atom is -0.755 e. The van der Waals surface area contributed by atoms with Gasteiger partial charge in [-0.15, -0.1) is 10.2 Å². The molecule has 0 aliphatic carbocycles. The Morgan fingerprint density at radius 1 is 0.939 bits per heavy atom. The zero-order valence-electron chi connectivity index (χ0n) is 17.0. The van der Waals surface area contributed by atoms with Crippen LogP contribution in [-0.4, -0.2) is 21.7 Å². The first-order valence-corrected chi connectivity index (χ1v) is 11.6. The van der Waals surface area contributed by atoms with Crippen molar-refractivity contribution in [2.45, 2.75) is 11.8 Å². The maximum atomic E-state index is 11.8. The minimum atomic E-state index is -4.74. The van der Waals surface area contributed by atoms with Crippen LogP contribution in [0.25, 0.3) is 0 Å². The molecule has 0 amide bonds. The van der Waals surface area contributed by atoms with E-state index in [2.05, 4.69) is 25.2 Å². The summed E-state index contributed by atoms with van der Waals surface area (Å²) < 4.78 is 56.8. The SMILES string of the molecule is Cc1ccccc1N=Nc1c(N)c(N=Nc2ccc(NS(=O)[O-])cc2)cc(S(=O)(=O)O)c1N. The summed E-state index contributed by atoms with van der Waals surface area (Å²) in [5.41, 5.74) is 13.1. The van der Waals surface area contributed by atoms with Gasteiger partial charge in [-0.1, -0.05) is 18.2 Å².